The van der Waals surface area contributed by atoms with Crippen LogP contribution in [-0.2, 0) is 0 Å². The molecule has 0 N–H and O–H groups in total. The molecule has 3 aromatic rings. The first kappa shape index (κ1) is 17.2. The summed E-state index contributed by atoms with van der Waals surface area (Å²) in [6.07, 6.45) is 0. The van der Waals surface area contributed by atoms with Crippen molar-refractivity contribution < 1.29 is 13.9 Å². The van der Waals surface area contributed by atoms with E-state index in [1.807, 2.05) is 13.8 Å². The van der Waals surface area contributed by atoms with Crippen LogP contribution >= 0.6 is 0 Å². The zero-order valence-corrected chi connectivity index (χ0v) is 15.0. The SMILES string of the molecule is CC(C)n1nc(C(=O)N2CCOc3cc(F)ccc32)c2ccccc2c1=O. The largest absolute Gasteiger partial charge is 0.489 e. The Morgan fingerprint density at radius 1 is 1.19 bits per heavy atom. The van der Waals surface area contributed by atoms with Gasteiger partial charge in [-0.2, -0.15) is 5.10 Å². The van der Waals surface area contributed by atoms with Crippen molar-refractivity contribution in [2.45, 2.75) is 19.9 Å². The Hall–Kier alpha value is -3.22. The fourth-order valence-corrected chi connectivity index (χ4v) is 3.25. The third kappa shape index (κ3) is 2.85. The van der Waals surface area contributed by atoms with Crippen LogP contribution in [-0.4, -0.2) is 28.8 Å². The molecule has 4 rings (SSSR count). The van der Waals surface area contributed by atoms with Gasteiger partial charge in [0, 0.05) is 11.5 Å². The molecule has 0 unspecified atom stereocenters. The number of anilines is 1. The Kier molecular flexibility index (Phi) is 4.14. The van der Waals surface area contributed by atoms with E-state index in [1.165, 1.54) is 27.8 Å². The summed E-state index contributed by atoms with van der Waals surface area (Å²) in [4.78, 5) is 27.5. The maximum atomic E-state index is 13.5. The van der Waals surface area contributed by atoms with Gasteiger partial charge in [-0.05, 0) is 32.0 Å². The predicted molar refractivity (Wildman–Crippen MR) is 100.0 cm³/mol. The van der Waals surface area contributed by atoms with Crippen molar-refractivity contribution in [3.05, 3.63) is 64.3 Å². The molecule has 0 saturated carbocycles. The minimum Gasteiger partial charge on any atom is -0.489 e. The highest BCUT2D eigenvalue weighted by atomic mass is 19.1. The van der Waals surface area contributed by atoms with Crippen molar-refractivity contribution in [2.75, 3.05) is 18.1 Å². The number of nitrogens with zero attached hydrogens (tertiary/aromatic N) is 3. The summed E-state index contributed by atoms with van der Waals surface area (Å²) < 4.78 is 20.3. The molecule has 2 aromatic carbocycles. The lowest BCUT2D eigenvalue weighted by Gasteiger charge is -2.29. The fraction of sp³-hybridized carbons (Fsp3) is 0.250. The van der Waals surface area contributed by atoms with E-state index in [9.17, 15) is 14.0 Å². The van der Waals surface area contributed by atoms with Crippen LogP contribution in [0.4, 0.5) is 10.1 Å². The van der Waals surface area contributed by atoms with E-state index in [4.69, 9.17) is 4.74 Å². The highest BCUT2D eigenvalue weighted by Crippen LogP contribution is 2.33. The van der Waals surface area contributed by atoms with Crippen molar-refractivity contribution in [3.63, 3.8) is 0 Å². The molecule has 0 saturated heterocycles. The molecule has 6 nitrogen and oxygen atoms in total. The van der Waals surface area contributed by atoms with Crippen LogP contribution in [0, 0.1) is 5.82 Å². The van der Waals surface area contributed by atoms with Crippen LogP contribution < -0.4 is 15.2 Å². The Labute approximate surface area is 154 Å². The van der Waals surface area contributed by atoms with Crippen LogP contribution in [0.25, 0.3) is 10.8 Å². The first-order valence-electron chi connectivity index (χ1n) is 8.73. The van der Waals surface area contributed by atoms with Gasteiger partial charge in [-0.15, -0.1) is 0 Å². The second-order valence-corrected chi connectivity index (χ2v) is 6.65. The number of halogens is 1. The van der Waals surface area contributed by atoms with Crippen LogP contribution in [0.1, 0.15) is 30.4 Å². The number of carbonyl (C=O) groups is 1. The molecule has 0 fully saturated rings. The van der Waals surface area contributed by atoms with Gasteiger partial charge in [0.25, 0.3) is 11.5 Å². The molecule has 2 heterocycles. The lowest BCUT2D eigenvalue weighted by Crippen LogP contribution is -2.40. The molecule has 27 heavy (non-hydrogen) atoms. The third-order valence-electron chi connectivity index (χ3n) is 4.55. The molecule has 0 aliphatic carbocycles. The average Bonchev–Trinajstić information content (AvgIpc) is 2.67. The van der Waals surface area contributed by atoms with Gasteiger partial charge in [0.1, 0.15) is 18.2 Å². The molecular formula is C20H18FN3O3. The molecule has 0 spiro atoms. The van der Waals surface area contributed by atoms with E-state index < -0.39 is 5.82 Å². The summed E-state index contributed by atoms with van der Waals surface area (Å²) in [7, 11) is 0. The maximum absolute atomic E-state index is 13.5. The van der Waals surface area contributed by atoms with Crippen LogP contribution in [0.3, 0.4) is 0 Å². The van der Waals surface area contributed by atoms with Gasteiger partial charge in [-0.25, -0.2) is 9.07 Å². The normalized spacial score (nSPS) is 13.6. The Balaban J connectivity index is 1.90. The van der Waals surface area contributed by atoms with Gasteiger partial charge in [-0.3, -0.25) is 9.59 Å². The topological polar surface area (TPSA) is 64.4 Å². The number of rotatable bonds is 2. The lowest BCUT2D eigenvalue weighted by molar-refractivity contribution is 0.0971. The number of amides is 1. The van der Waals surface area contributed by atoms with E-state index in [2.05, 4.69) is 5.10 Å². The van der Waals surface area contributed by atoms with Crippen LogP contribution in [0.2, 0.25) is 0 Å². The highest BCUT2D eigenvalue weighted by Gasteiger charge is 2.28. The number of fused-ring (bicyclic) bond motifs is 2. The predicted octanol–water partition coefficient (Wildman–Crippen LogP) is 3.16. The monoisotopic (exact) mass is 367 g/mol. The maximum Gasteiger partial charge on any atom is 0.279 e. The highest BCUT2D eigenvalue weighted by molar-refractivity contribution is 6.13. The van der Waals surface area contributed by atoms with Gasteiger partial charge in [0.15, 0.2) is 5.69 Å². The minimum absolute atomic E-state index is 0.191. The first-order chi connectivity index (χ1) is 13.0. The molecule has 1 aliphatic heterocycles. The number of ether oxygens (including phenoxy) is 1. The third-order valence-corrected chi connectivity index (χ3v) is 4.55. The van der Waals surface area contributed by atoms with Crippen LogP contribution in [0.5, 0.6) is 5.75 Å². The van der Waals surface area contributed by atoms with E-state index in [-0.39, 0.29) is 29.8 Å². The van der Waals surface area contributed by atoms with Gasteiger partial charge >= 0.3 is 0 Å². The number of hydrogen-bond acceptors (Lipinski definition) is 4. The molecule has 0 atom stereocenters. The molecule has 1 amide bonds. The number of aromatic nitrogens is 2. The molecule has 1 aliphatic rings. The zero-order chi connectivity index (χ0) is 19.1. The zero-order valence-electron chi connectivity index (χ0n) is 15.0. The smallest absolute Gasteiger partial charge is 0.279 e. The average molecular weight is 367 g/mol. The molecular weight excluding hydrogens is 349 g/mol. The van der Waals surface area contributed by atoms with Gasteiger partial charge in [-0.1, -0.05) is 18.2 Å². The van der Waals surface area contributed by atoms with Crippen molar-refractivity contribution in [3.8, 4) is 5.75 Å². The summed E-state index contributed by atoms with van der Waals surface area (Å²) in [5, 5.41) is 5.30. The Bertz CT molecular complexity index is 1110. The van der Waals surface area contributed by atoms with Gasteiger partial charge in [0.2, 0.25) is 0 Å². The summed E-state index contributed by atoms with van der Waals surface area (Å²) in [6.45, 7) is 4.24. The standard InChI is InChI=1S/C20H18FN3O3/c1-12(2)24-19(25)15-6-4-3-5-14(15)18(22-24)20(26)23-9-10-27-17-11-13(21)7-8-16(17)23/h3-8,11-12H,9-10H2,1-2H3. The minimum atomic E-state index is -0.431. The van der Waals surface area contributed by atoms with Crippen molar-refractivity contribution in [1.82, 2.24) is 9.78 Å². The van der Waals surface area contributed by atoms with Gasteiger partial charge < -0.3 is 9.64 Å². The van der Waals surface area contributed by atoms with Crippen molar-refractivity contribution >= 4 is 22.4 Å². The number of hydrogen-bond donors (Lipinski definition) is 0. The molecule has 0 bridgehead atoms. The molecule has 7 heteroatoms. The van der Waals surface area contributed by atoms with Crippen molar-refractivity contribution in [2.24, 2.45) is 0 Å². The van der Waals surface area contributed by atoms with E-state index in [1.54, 1.807) is 24.3 Å². The van der Waals surface area contributed by atoms with Crippen LogP contribution in [0.15, 0.2) is 47.3 Å². The summed E-state index contributed by atoms with van der Waals surface area (Å²) in [5.41, 5.74) is 0.443. The molecule has 0 radical (unpaired) electrons. The number of carbonyl (C=O) groups excluding carboxylic acids is 1. The Morgan fingerprint density at radius 3 is 2.67 bits per heavy atom. The summed E-state index contributed by atoms with van der Waals surface area (Å²) in [5.74, 6) is -0.465. The van der Waals surface area contributed by atoms with E-state index in [0.717, 1.165) is 0 Å². The number of benzene rings is 2. The Morgan fingerprint density at radius 2 is 1.93 bits per heavy atom. The fourth-order valence-electron chi connectivity index (χ4n) is 3.25. The summed E-state index contributed by atoms with van der Waals surface area (Å²) in [6, 6.07) is 10.8. The second kappa shape index (κ2) is 6.50. The molecule has 138 valence electrons. The van der Waals surface area contributed by atoms with E-state index in [0.29, 0.717) is 28.8 Å². The second-order valence-electron chi connectivity index (χ2n) is 6.65. The lowest BCUT2D eigenvalue weighted by atomic mass is 10.1. The summed E-state index contributed by atoms with van der Waals surface area (Å²) >= 11 is 0. The van der Waals surface area contributed by atoms with Crippen molar-refractivity contribution in [1.29, 1.82) is 0 Å². The van der Waals surface area contributed by atoms with E-state index >= 15 is 0 Å². The first-order valence-corrected chi connectivity index (χ1v) is 8.73. The molecule has 1 aromatic heterocycles. The van der Waals surface area contributed by atoms with Gasteiger partial charge in [0.05, 0.1) is 23.7 Å². The quantitative estimate of drug-likeness (QED) is 0.698.